The van der Waals surface area contributed by atoms with Gasteiger partial charge in [0.15, 0.2) is 0 Å². The summed E-state index contributed by atoms with van der Waals surface area (Å²) in [6, 6.07) is 5.23. The Balaban J connectivity index is 1.45. The molecule has 1 aromatic carbocycles. The highest BCUT2D eigenvalue weighted by Crippen LogP contribution is 2.45. The second kappa shape index (κ2) is 14.3. The molecule has 0 amide bonds. The molecular weight excluding hydrogens is 654 g/mol. The number of benzene rings is 1. The zero-order chi connectivity index (χ0) is 38.5. The van der Waals surface area contributed by atoms with E-state index in [-0.39, 0.29) is 56.8 Å². The molecule has 3 heterocycles. The molecule has 3 fully saturated rings. The van der Waals surface area contributed by atoms with Crippen molar-refractivity contribution >= 4 is 17.9 Å². The highest BCUT2D eigenvalue weighted by molar-refractivity contribution is 5.77. The molecule has 3 aliphatic rings. The maximum absolute atomic E-state index is 13.3. The molecule has 0 saturated carbocycles. The lowest BCUT2D eigenvalue weighted by atomic mass is 9.88. The number of ether oxygens (including phenoxy) is 3. The Morgan fingerprint density at radius 1 is 0.549 bits per heavy atom. The van der Waals surface area contributed by atoms with Crippen molar-refractivity contribution in [1.29, 1.82) is 0 Å². The van der Waals surface area contributed by atoms with Gasteiger partial charge in [-0.25, -0.2) is 0 Å². The predicted molar refractivity (Wildman–Crippen MR) is 190 cm³/mol. The summed E-state index contributed by atoms with van der Waals surface area (Å²) >= 11 is 0. The van der Waals surface area contributed by atoms with Crippen LogP contribution in [0.5, 0.6) is 0 Å². The zero-order valence-corrected chi connectivity index (χ0v) is 33.0. The lowest BCUT2D eigenvalue weighted by Gasteiger charge is -2.35. The van der Waals surface area contributed by atoms with Crippen molar-refractivity contribution in [2.24, 2.45) is 17.8 Å². The Morgan fingerprint density at radius 2 is 0.863 bits per heavy atom. The van der Waals surface area contributed by atoms with Gasteiger partial charge in [-0.15, -0.1) is 0 Å². The van der Waals surface area contributed by atoms with Crippen molar-refractivity contribution in [3.05, 3.63) is 34.9 Å². The normalized spacial score (nSPS) is 27.7. The van der Waals surface area contributed by atoms with E-state index in [9.17, 15) is 30.0 Å². The van der Waals surface area contributed by atoms with Crippen LogP contribution in [0.15, 0.2) is 18.2 Å². The summed E-state index contributed by atoms with van der Waals surface area (Å²) in [6.07, 6.45) is 1.73. The smallest absolute Gasteiger partial charge is 0.310 e. The summed E-state index contributed by atoms with van der Waals surface area (Å²) in [5.41, 5.74) is -1.31. The van der Waals surface area contributed by atoms with Crippen LogP contribution in [0, 0.1) is 17.8 Å². The third kappa shape index (κ3) is 8.63. The second-order valence-corrected chi connectivity index (χ2v) is 18.7. The fourth-order valence-electron chi connectivity index (χ4n) is 8.80. The fourth-order valence-corrected chi connectivity index (χ4v) is 8.80. The van der Waals surface area contributed by atoms with Gasteiger partial charge in [-0.1, -0.05) is 18.2 Å². The van der Waals surface area contributed by atoms with Gasteiger partial charge in [-0.05, 0) is 119 Å². The Hall–Kier alpha value is -2.61. The number of hydroxylamine groups is 6. The Bertz CT molecular complexity index is 1470. The average molecular weight is 718 g/mol. The summed E-state index contributed by atoms with van der Waals surface area (Å²) in [4.78, 5) is 39.5. The van der Waals surface area contributed by atoms with E-state index in [1.165, 1.54) is 15.2 Å². The Labute approximate surface area is 304 Å². The van der Waals surface area contributed by atoms with Gasteiger partial charge in [0.2, 0.25) is 0 Å². The van der Waals surface area contributed by atoms with Crippen LogP contribution in [-0.4, -0.2) is 102 Å². The van der Waals surface area contributed by atoms with E-state index in [1.54, 1.807) is 18.2 Å². The Morgan fingerprint density at radius 3 is 1.18 bits per heavy atom. The number of rotatable bonds is 12. The molecule has 1 aromatic rings. The van der Waals surface area contributed by atoms with Crippen LogP contribution in [0.25, 0.3) is 0 Å². The van der Waals surface area contributed by atoms with Crippen LogP contribution in [0.1, 0.15) is 119 Å². The van der Waals surface area contributed by atoms with E-state index in [0.717, 1.165) is 0 Å². The van der Waals surface area contributed by atoms with Crippen molar-refractivity contribution in [3.8, 4) is 0 Å². The first-order valence-electron chi connectivity index (χ1n) is 18.3. The lowest BCUT2D eigenvalue weighted by Crippen LogP contribution is -2.47. The first-order chi connectivity index (χ1) is 23.2. The highest BCUT2D eigenvalue weighted by Gasteiger charge is 2.53. The van der Waals surface area contributed by atoms with Gasteiger partial charge >= 0.3 is 17.9 Å². The molecule has 12 nitrogen and oxygen atoms in total. The molecule has 12 heteroatoms. The van der Waals surface area contributed by atoms with Crippen molar-refractivity contribution in [1.82, 2.24) is 15.2 Å². The van der Waals surface area contributed by atoms with Crippen LogP contribution in [-0.2, 0) is 47.9 Å². The molecule has 0 aromatic heterocycles. The van der Waals surface area contributed by atoms with Gasteiger partial charge in [0.25, 0.3) is 0 Å². The largest absolute Gasteiger partial charge is 0.465 e. The molecule has 51 heavy (non-hydrogen) atoms. The third-order valence-corrected chi connectivity index (χ3v) is 12.2. The van der Waals surface area contributed by atoms with E-state index < -0.39 is 51.1 Å². The third-order valence-electron chi connectivity index (χ3n) is 12.2. The van der Waals surface area contributed by atoms with Gasteiger partial charge in [-0.2, -0.15) is 15.2 Å². The van der Waals surface area contributed by atoms with Crippen LogP contribution in [0.4, 0.5) is 0 Å². The highest BCUT2D eigenvalue weighted by atomic mass is 16.5. The van der Waals surface area contributed by atoms with Crippen LogP contribution < -0.4 is 0 Å². The molecule has 0 spiro atoms. The van der Waals surface area contributed by atoms with Crippen LogP contribution in [0.2, 0.25) is 0 Å². The van der Waals surface area contributed by atoms with Crippen molar-refractivity contribution in [2.45, 2.75) is 155 Å². The molecule has 3 saturated heterocycles. The van der Waals surface area contributed by atoms with Crippen LogP contribution >= 0.6 is 0 Å². The minimum atomic E-state index is -0.589. The van der Waals surface area contributed by atoms with Gasteiger partial charge in [0.05, 0.1) is 39.1 Å². The maximum Gasteiger partial charge on any atom is 0.310 e. The molecule has 0 radical (unpaired) electrons. The van der Waals surface area contributed by atoms with Crippen LogP contribution in [0.3, 0.4) is 0 Å². The fraction of sp³-hybridized carbons (Fsp3) is 0.769. The first kappa shape index (κ1) is 41.2. The van der Waals surface area contributed by atoms with Crippen molar-refractivity contribution in [3.63, 3.8) is 0 Å². The van der Waals surface area contributed by atoms with E-state index >= 15 is 0 Å². The topological polar surface area (TPSA) is 149 Å². The molecule has 0 aliphatic carbocycles. The number of hydrogen-bond donors (Lipinski definition) is 3. The monoisotopic (exact) mass is 717 g/mol. The molecule has 3 N–H and O–H groups in total. The quantitative estimate of drug-likeness (QED) is 0.179. The molecule has 4 rings (SSSR count). The number of esters is 3. The number of hydrogen-bond acceptors (Lipinski definition) is 12. The van der Waals surface area contributed by atoms with E-state index in [2.05, 4.69) is 0 Å². The molecule has 3 atom stereocenters. The summed E-state index contributed by atoms with van der Waals surface area (Å²) in [5.74, 6) is -1.60. The SMILES string of the molecule is CC1(C)CC(COC(=O)Cc2ccc(CC(=O)OCC3CC(C)(C)N(O)C3(C)C)c(CC(=O)OCC3CC(C)(C)N(O)C3(C)C)c2)C(C)(C)N1O. The molecule has 288 valence electrons. The van der Waals surface area contributed by atoms with Crippen molar-refractivity contribution < 1.29 is 44.2 Å². The van der Waals surface area contributed by atoms with Gasteiger partial charge < -0.3 is 29.8 Å². The summed E-state index contributed by atoms with van der Waals surface area (Å²) in [6.45, 7) is 23.7. The van der Waals surface area contributed by atoms with E-state index in [1.807, 2.05) is 83.1 Å². The summed E-state index contributed by atoms with van der Waals surface area (Å²) in [7, 11) is 0. The first-order valence-corrected chi connectivity index (χ1v) is 18.3. The number of nitrogens with zero attached hydrogens (tertiary/aromatic N) is 3. The predicted octanol–water partition coefficient (Wildman–Crippen LogP) is 5.75. The molecule has 3 unspecified atom stereocenters. The standard InChI is InChI=1S/C39H63N3O9/c1-34(2)19-28(37(7,8)40(34)46)22-49-31(43)16-25-13-14-26(17-32(44)50-23-29-20-35(3,4)41(47)38(29,9)10)27(15-25)18-33(45)51-24-30-21-36(5,6)42(48)39(30,11)12/h13-15,28-30,46-48H,16-24H2,1-12H3. The Kier molecular flexibility index (Phi) is 11.6. The summed E-state index contributed by atoms with van der Waals surface area (Å²) in [5, 5.41) is 36.1. The van der Waals surface area contributed by atoms with E-state index in [4.69, 9.17) is 14.2 Å². The minimum Gasteiger partial charge on any atom is -0.465 e. The lowest BCUT2D eigenvalue weighted by molar-refractivity contribution is -0.198. The molecule has 0 bridgehead atoms. The maximum atomic E-state index is 13.3. The van der Waals surface area contributed by atoms with Gasteiger partial charge in [0.1, 0.15) is 0 Å². The molecular formula is C39H63N3O9. The van der Waals surface area contributed by atoms with Crippen molar-refractivity contribution in [2.75, 3.05) is 19.8 Å². The average Bonchev–Trinajstić information content (AvgIpc) is 3.36. The zero-order valence-electron chi connectivity index (χ0n) is 33.0. The van der Waals surface area contributed by atoms with Gasteiger partial charge in [0, 0.05) is 51.0 Å². The number of carbonyl (C=O) groups excluding carboxylic acids is 3. The second-order valence-electron chi connectivity index (χ2n) is 18.7. The summed E-state index contributed by atoms with van der Waals surface area (Å²) < 4.78 is 17.2. The van der Waals surface area contributed by atoms with E-state index in [0.29, 0.717) is 36.0 Å². The number of carbonyl (C=O) groups is 3. The molecule has 3 aliphatic heterocycles. The van der Waals surface area contributed by atoms with Gasteiger partial charge in [-0.3, -0.25) is 14.4 Å². The minimum absolute atomic E-state index is 0.0337.